The van der Waals surface area contributed by atoms with Gasteiger partial charge in [0, 0.05) is 25.4 Å². The first-order valence-corrected chi connectivity index (χ1v) is 6.57. The molecule has 1 aromatic rings. The molecule has 2 atom stereocenters. The molecule has 1 aliphatic rings. The quantitative estimate of drug-likeness (QED) is 0.899. The van der Waals surface area contributed by atoms with Gasteiger partial charge < -0.3 is 10.0 Å². The van der Waals surface area contributed by atoms with E-state index in [0.29, 0.717) is 19.4 Å². The Morgan fingerprint density at radius 2 is 2.37 bits per heavy atom. The summed E-state index contributed by atoms with van der Waals surface area (Å²) in [5.41, 5.74) is 0.802. The molecule has 2 rings (SSSR count). The number of likely N-dealkylation sites (tertiary alicyclic amines) is 1. The topological polar surface area (TPSA) is 70.5 Å². The van der Waals surface area contributed by atoms with E-state index in [-0.39, 0.29) is 5.91 Å². The summed E-state index contributed by atoms with van der Waals surface area (Å²) in [5.74, 6) is -1.36. The lowest BCUT2D eigenvalue weighted by atomic mass is 9.85. The van der Waals surface area contributed by atoms with Gasteiger partial charge in [-0.1, -0.05) is 13.0 Å². The van der Waals surface area contributed by atoms with E-state index in [2.05, 4.69) is 4.98 Å². The minimum Gasteiger partial charge on any atom is -0.481 e. The van der Waals surface area contributed by atoms with E-state index in [4.69, 9.17) is 0 Å². The van der Waals surface area contributed by atoms with E-state index in [0.717, 1.165) is 12.0 Å². The smallest absolute Gasteiger partial charge is 0.308 e. The number of carboxylic acid groups (broad SMARTS) is 1. The molecule has 102 valence electrons. The summed E-state index contributed by atoms with van der Waals surface area (Å²) >= 11 is 0. The minimum atomic E-state index is -0.845. The lowest BCUT2D eigenvalue weighted by molar-refractivity contribution is -0.152. The zero-order valence-electron chi connectivity index (χ0n) is 11.0. The molecule has 5 nitrogen and oxygen atoms in total. The molecule has 0 unspecified atom stereocenters. The van der Waals surface area contributed by atoms with Crippen LogP contribution in [0.3, 0.4) is 0 Å². The zero-order valence-corrected chi connectivity index (χ0v) is 11.0. The number of rotatable bonds is 4. The van der Waals surface area contributed by atoms with Crippen molar-refractivity contribution in [2.45, 2.75) is 32.2 Å². The van der Waals surface area contributed by atoms with Crippen LogP contribution in [0.15, 0.2) is 24.5 Å². The van der Waals surface area contributed by atoms with Crippen LogP contribution in [0.25, 0.3) is 0 Å². The van der Waals surface area contributed by atoms with Gasteiger partial charge in [-0.2, -0.15) is 0 Å². The summed E-state index contributed by atoms with van der Waals surface area (Å²) in [6.45, 7) is 2.57. The molecule has 1 fully saturated rings. The maximum absolute atomic E-state index is 12.0. The van der Waals surface area contributed by atoms with Crippen molar-refractivity contribution in [3.8, 4) is 0 Å². The molecule has 1 aliphatic heterocycles. The number of hydrogen-bond donors (Lipinski definition) is 1. The molecule has 0 bridgehead atoms. The molecule has 1 N–H and O–H groups in total. The van der Waals surface area contributed by atoms with Crippen LogP contribution in [-0.4, -0.2) is 33.4 Å². The van der Waals surface area contributed by atoms with Crippen molar-refractivity contribution in [2.24, 2.45) is 5.92 Å². The number of nitrogens with zero attached hydrogens (tertiary/aromatic N) is 2. The Morgan fingerprint density at radius 1 is 1.58 bits per heavy atom. The van der Waals surface area contributed by atoms with E-state index in [1.54, 1.807) is 23.4 Å². The van der Waals surface area contributed by atoms with Gasteiger partial charge in [0.05, 0.1) is 12.0 Å². The minimum absolute atomic E-state index is 0.0354. The molecule has 5 heteroatoms. The molecule has 0 spiro atoms. The number of amides is 1. The van der Waals surface area contributed by atoms with Crippen LogP contribution < -0.4 is 0 Å². The normalized spacial score (nSPS) is 23.4. The van der Waals surface area contributed by atoms with Crippen LogP contribution in [0.5, 0.6) is 0 Å². The van der Waals surface area contributed by atoms with Gasteiger partial charge in [-0.05, 0) is 24.5 Å². The van der Waals surface area contributed by atoms with Crippen molar-refractivity contribution < 1.29 is 14.7 Å². The summed E-state index contributed by atoms with van der Waals surface area (Å²) in [7, 11) is 0. The number of aromatic nitrogens is 1. The van der Waals surface area contributed by atoms with Crippen molar-refractivity contribution in [2.75, 3.05) is 6.54 Å². The second kappa shape index (κ2) is 5.82. The summed E-state index contributed by atoms with van der Waals surface area (Å²) in [5, 5.41) is 9.38. The Balaban J connectivity index is 2.38. The third-order valence-electron chi connectivity index (χ3n) is 3.51. The van der Waals surface area contributed by atoms with Gasteiger partial charge >= 0.3 is 5.97 Å². The SMILES string of the molecule is CCCN1C(=O)CC[C@H](C(=O)O)[C@H]1c1cccnc1. The average Bonchev–Trinajstić information content (AvgIpc) is 2.41. The Morgan fingerprint density at radius 3 is 2.95 bits per heavy atom. The molecular weight excluding hydrogens is 244 g/mol. The number of carbonyl (C=O) groups excluding carboxylic acids is 1. The molecule has 2 heterocycles. The standard InChI is InChI=1S/C14H18N2O3/c1-2-8-16-12(17)6-5-11(14(18)19)13(16)10-4-3-7-15-9-10/h3-4,7,9,11,13H,2,5-6,8H2,1H3,(H,18,19)/t11-,13+/m0/s1. The number of carbonyl (C=O) groups is 2. The molecule has 1 saturated heterocycles. The van der Waals surface area contributed by atoms with Gasteiger partial charge in [-0.15, -0.1) is 0 Å². The van der Waals surface area contributed by atoms with E-state index in [9.17, 15) is 14.7 Å². The number of aliphatic carboxylic acids is 1. The lowest BCUT2D eigenvalue weighted by Gasteiger charge is -2.39. The van der Waals surface area contributed by atoms with Gasteiger partial charge in [0.25, 0.3) is 0 Å². The molecule has 0 aromatic carbocycles. The Hall–Kier alpha value is -1.91. The van der Waals surface area contributed by atoms with Crippen LogP contribution in [0.4, 0.5) is 0 Å². The Labute approximate surface area is 112 Å². The van der Waals surface area contributed by atoms with E-state index < -0.39 is 17.9 Å². The van der Waals surface area contributed by atoms with E-state index in [1.807, 2.05) is 13.0 Å². The first-order chi connectivity index (χ1) is 9.15. The fourth-order valence-corrected chi connectivity index (χ4v) is 2.68. The van der Waals surface area contributed by atoms with Crippen LogP contribution in [0.1, 0.15) is 37.8 Å². The van der Waals surface area contributed by atoms with Crippen molar-refractivity contribution in [3.63, 3.8) is 0 Å². The highest BCUT2D eigenvalue weighted by Crippen LogP contribution is 2.36. The highest BCUT2D eigenvalue weighted by molar-refractivity contribution is 5.81. The first-order valence-electron chi connectivity index (χ1n) is 6.57. The molecule has 19 heavy (non-hydrogen) atoms. The fraction of sp³-hybridized carbons (Fsp3) is 0.500. The van der Waals surface area contributed by atoms with Gasteiger partial charge in [0.2, 0.25) is 5.91 Å². The second-order valence-electron chi connectivity index (χ2n) is 4.80. The number of hydrogen-bond acceptors (Lipinski definition) is 3. The highest BCUT2D eigenvalue weighted by Gasteiger charge is 2.40. The molecule has 0 radical (unpaired) electrons. The van der Waals surface area contributed by atoms with Crippen molar-refractivity contribution in [1.82, 2.24) is 9.88 Å². The Bertz CT molecular complexity index is 461. The van der Waals surface area contributed by atoms with Gasteiger partial charge in [0.1, 0.15) is 0 Å². The van der Waals surface area contributed by atoms with Crippen LogP contribution >= 0.6 is 0 Å². The molecule has 0 aliphatic carbocycles. The summed E-state index contributed by atoms with van der Waals surface area (Å²) in [4.78, 5) is 29.2. The fourth-order valence-electron chi connectivity index (χ4n) is 2.68. The van der Waals surface area contributed by atoms with Crippen molar-refractivity contribution >= 4 is 11.9 Å². The summed E-state index contributed by atoms with van der Waals surface area (Å²) < 4.78 is 0. The molecular formula is C14H18N2O3. The maximum atomic E-state index is 12.0. The predicted octanol–water partition coefficient (Wildman–Crippen LogP) is 1.86. The van der Waals surface area contributed by atoms with Gasteiger partial charge in [-0.3, -0.25) is 14.6 Å². The zero-order chi connectivity index (χ0) is 13.8. The van der Waals surface area contributed by atoms with E-state index >= 15 is 0 Å². The predicted molar refractivity (Wildman–Crippen MR) is 69.3 cm³/mol. The van der Waals surface area contributed by atoms with E-state index in [1.165, 1.54) is 0 Å². The third kappa shape index (κ3) is 2.75. The monoisotopic (exact) mass is 262 g/mol. The van der Waals surface area contributed by atoms with Crippen LogP contribution in [-0.2, 0) is 9.59 Å². The summed E-state index contributed by atoms with van der Waals surface area (Å²) in [6, 6.07) is 3.22. The Kier molecular flexibility index (Phi) is 4.14. The van der Waals surface area contributed by atoms with Crippen molar-refractivity contribution in [3.05, 3.63) is 30.1 Å². The highest BCUT2D eigenvalue weighted by atomic mass is 16.4. The molecule has 0 saturated carbocycles. The average molecular weight is 262 g/mol. The second-order valence-corrected chi connectivity index (χ2v) is 4.80. The lowest BCUT2D eigenvalue weighted by Crippen LogP contribution is -2.45. The first kappa shape index (κ1) is 13.5. The summed E-state index contributed by atoms with van der Waals surface area (Å²) in [6.07, 6.45) is 4.83. The maximum Gasteiger partial charge on any atom is 0.308 e. The van der Waals surface area contributed by atoms with Gasteiger partial charge in [-0.25, -0.2) is 0 Å². The third-order valence-corrected chi connectivity index (χ3v) is 3.51. The largest absolute Gasteiger partial charge is 0.481 e. The van der Waals surface area contributed by atoms with Crippen LogP contribution in [0.2, 0.25) is 0 Å². The molecule has 1 aromatic heterocycles. The van der Waals surface area contributed by atoms with Crippen LogP contribution in [0, 0.1) is 5.92 Å². The number of piperidine rings is 1. The van der Waals surface area contributed by atoms with Crippen molar-refractivity contribution in [1.29, 1.82) is 0 Å². The number of carboxylic acids is 1. The van der Waals surface area contributed by atoms with Gasteiger partial charge in [0.15, 0.2) is 0 Å². The molecule has 1 amide bonds. The number of pyridine rings is 1.